The maximum atomic E-state index is 11.2. The van der Waals surface area contributed by atoms with Gasteiger partial charge in [0.05, 0.1) is 0 Å². The monoisotopic (exact) mass is 319 g/mol. The molecule has 0 aliphatic carbocycles. The second-order valence-corrected chi connectivity index (χ2v) is 6.17. The fourth-order valence-corrected chi connectivity index (χ4v) is 3.05. The summed E-state index contributed by atoms with van der Waals surface area (Å²) in [5.74, 6) is 0.155. The van der Waals surface area contributed by atoms with Gasteiger partial charge in [-0.1, -0.05) is 47.5 Å². The predicted octanol–water partition coefficient (Wildman–Crippen LogP) is 4.48. The Hall–Kier alpha value is -1.51. The maximum Gasteiger partial charge on any atom is 0.220 e. The SMILES string of the molecule is O=C1CCC(Cc2ccc(-c3cc(Cl)ccc3Cl)cc2)N1. The number of halogens is 2. The Morgan fingerprint density at radius 3 is 2.52 bits per heavy atom. The van der Waals surface area contributed by atoms with Gasteiger partial charge in [0.1, 0.15) is 0 Å². The van der Waals surface area contributed by atoms with E-state index in [2.05, 4.69) is 17.4 Å². The summed E-state index contributed by atoms with van der Waals surface area (Å²) in [6, 6.07) is 14.0. The Bertz CT molecular complexity index is 667. The number of rotatable bonds is 3. The fourth-order valence-electron chi connectivity index (χ4n) is 2.65. The lowest BCUT2D eigenvalue weighted by Crippen LogP contribution is -2.27. The van der Waals surface area contributed by atoms with Gasteiger partial charge in [0.25, 0.3) is 0 Å². The van der Waals surface area contributed by atoms with E-state index in [1.54, 1.807) is 12.1 Å². The third-order valence-electron chi connectivity index (χ3n) is 3.76. The number of carbonyl (C=O) groups excluding carboxylic acids is 1. The highest BCUT2D eigenvalue weighted by molar-refractivity contribution is 6.35. The molecule has 1 aliphatic rings. The molecule has 1 fully saturated rings. The molecular formula is C17H15Cl2NO. The zero-order valence-electron chi connectivity index (χ0n) is 11.4. The smallest absolute Gasteiger partial charge is 0.220 e. The molecule has 1 saturated heterocycles. The molecule has 2 aromatic carbocycles. The molecule has 1 N–H and O–H groups in total. The molecule has 21 heavy (non-hydrogen) atoms. The van der Waals surface area contributed by atoms with E-state index in [1.807, 2.05) is 18.2 Å². The van der Waals surface area contributed by atoms with Gasteiger partial charge in [-0.3, -0.25) is 4.79 Å². The van der Waals surface area contributed by atoms with Gasteiger partial charge < -0.3 is 5.32 Å². The van der Waals surface area contributed by atoms with Gasteiger partial charge in [-0.25, -0.2) is 0 Å². The van der Waals surface area contributed by atoms with Gasteiger partial charge in [0.15, 0.2) is 0 Å². The summed E-state index contributed by atoms with van der Waals surface area (Å²) in [7, 11) is 0. The number of carbonyl (C=O) groups is 1. The Morgan fingerprint density at radius 1 is 1.10 bits per heavy atom. The van der Waals surface area contributed by atoms with Crippen molar-refractivity contribution in [1.29, 1.82) is 0 Å². The van der Waals surface area contributed by atoms with Crippen LogP contribution in [0.2, 0.25) is 10.0 Å². The highest BCUT2D eigenvalue weighted by Crippen LogP contribution is 2.30. The van der Waals surface area contributed by atoms with Crippen molar-refractivity contribution in [1.82, 2.24) is 5.32 Å². The minimum absolute atomic E-state index is 0.155. The Labute approximate surface area is 134 Å². The molecule has 0 aromatic heterocycles. The third-order valence-corrected chi connectivity index (χ3v) is 4.33. The molecule has 1 unspecified atom stereocenters. The summed E-state index contributed by atoms with van der Waals surface area (Å²) in [5, 5.41) is 4.35. The first-order valence-corrected chi connectivity index (χ1v) is 7.71. The molecule has 2 nitrogen and oxygen atoms in total. The van der Waals surface area contributed by atoms with Gasteiger partial charge in [-0.15, -0.1) is 0 Å². The Balaban J connectivity index is 1.77. The van der Waals surface area contributed by atoms with Crippen molar-refractivity contribution in [3.8, 4) is 11.1 Å². The molecule has 1 amide bonds. The van der Waals surface area contributed by atoms with E-state index < -0.39 is 0 Å². The predicted molar refractivity (Wildman–Crippen MR) is 86.8 cm³/mol. The fraction of sp³-hybridized carbons (Fsp3) is 0.235. The molecule has 1 atom stereocenters. The number of nitrogens with one attached hydrogen (secondary N) is 1. The minimum atomic E-state index is 0.155. The molecule has 4 heteroatoms. The summed E-state index contributed by atoms with van der Waals surface area (Å²) in [6.07, 6.45) is 2.43. The average molecular weight is 320 g/mol. The Morgan fingerprint density at radius 2 is 1.86 bits per heavy atom. The lowest BCUT2D eigenvalue weighted by Gasteiger charge is -2.11. The molecule has 0 bridgehead atoms. The molecule has 108 valence electrons. The first-order chi connectivity index (χ1) is 10.1. The quantitative estimate of drug-likeness (QED) is 0.887. The molecule has 3 rings (SSSR count). The van der Waals surface area contributed by atoms with E-state index >= 15 is 0 Å². The van der Waals surface area contributed by atoms with Gasteiger partial charge >= 0.3 is 0 Å². The normalized spacial score (nSPS) is 17.8. The van der Waals surface area contributed by atoms with Crippen molar-refractivity contribution in [2.75, 3.05) is 0 Å². The average Bonchev–Trinajstić information content (AvgIpc) is 2.88. The van der Waals surface area contributed by atoms with Gasteiger partial charge in [-0.2, -0.15) is 0 Å². The van der Waals surface area contributed by atoms with Crippen LogP contribution in [0.4, 0.5) is 0 Å². The van der Waals surface area contributed by atoms with Gasteiger partial charge in [0, 0.05) is 28.1 Å². The summed E-state index contributed by atoms with van der Waals surface area (Å²) < 4.78 is 0. The first-order valence-electron chi connectivity index (χ1n) is 6.95. The number of benzene rings is 2. The van der Waals surface area contributed by atoms with E-state index in [0.29, 0.717) is 16.5 Å². The molecule has 1 aliphatic heterocycles. The summed E-state index contributed by atoms with van der Waals surface area (Å²) >= 11 is 12.2. The second-order valence-electron chi connectivity index (χ2n) is 5.33. The van der Waals surface area contributed by atoms with Crippen LogP contribution in [0.5, 0.6) is 0 Å². The molecular weight excluding hydrogens is 305 g/mol. The van der Waals surface area contributed by atoms with Crippen LogP contribution in [0.3, 0.4) is 0 Å². The summed E-state index contributed by atoms with van der Waals surface area (Å²) in [4.78, 5) is 11.2. The van der Waals surface area contributed by atoms with Crippen LogP contribution in [0.25, 0.3) is 11.1 Å². The van der Waals surface area contributed by atoms with Crippen LogP contribution in [0.1, 0.15) is 18.4 Å². The van der Waals surface area contributed by atoms with Crippen molar-refractivity contribution in [2.45, 2.75) is 25.3 Å². The van der Waals surface area contributed by atoms with E-state index in [1.165, 1.54) is 5.56 Å². The van der Waals surface area contributed by atoms with Crippen LogP contribution >= 0.6 is 23.2 Å². The van der Waals surface area contributed by atoms with Gasteiger partial charge in [-0.05, 0) is 42.2 Å². The van der Waals surface area contributed by atoms with E-state index in [0.717, 1.165) is 24.0 Å². The zero-order chi connectivity index (χ0) is 14.8. The minimum Gasteiger partial charge on any atom is -0.353 e. The van der Waals surface area contributed by atoms with Crippen molar-refractivity contribution in [2.24, 2.45) is 0 Å². The lowest BCUT2D eigenvalue weighted by atomic mass is 10.00. The summed E-state index contributed by atoms with van der Waals surface area (Å²) in [6.45, 7) is 0. The zero-order valence-corrected chi connectivity index (χ0v) is 12.9. The van der Waals surface area contributed by atoms with E-state index in [4.69, 9.17) is 23.2 Å². The highest BCUT2D eigenvalue weighted by Gasteiger charge is 2.20. The van der Waals surface area contributed by atoms with E-state index in [9.17, 15) is 4.79 Å². The maximum absolute atomic E-state index is 11.2. The van der Waals surface area contributed by atoms with Crippen LogP contribution < -0.4 is 5.32 Å². The summed E-state index contributed by atoms with van der Waals surface area (Å²) in [5.41, 5.74) is 3.19. The van der Waals surface area contributed by atoms with Crippen molar-refractivity contribution >= 4 is 29.1 Å². The molecule has 0 saturated carbocycles. The van der Waals surface area contributed by atoms with Crippen LogP contribution in [0, 0.1) is 0 Å². The largest absolute Gasteiger partial charge is 0.353 e. The standard InChI is InChI=1S/C17H15Cl2NO/c18-13-5-7-16(19)15(10-13)12-3-1-11(2-4-12)9-14-6-8-17(21)20-14/h1-5,7,10,14H,6,8-9H2,(H,20,21). The molecule has 0 radical (unpaired) electrons. The topological polar surface area (TPSA) is 29.1 Å². The van der Waals surface area contributed by atoms with Crippen LogP contribution in [-0.4, -0.2) is 11.9 Å². The van der Waals surface area contributed by atoms with E-state index in [-0.39, 0.29) is 11.9 Å². The second kappa shape index (κ2) is 6.08. The first kappa shape index (κ1) is 14.4. The lowest BCUT2D eigenvalue weighted by molar-refractivity contribution is -0.119. The molecule has 2 aromatic rings. The van der Waals surface area contributed by atoms with Crippen molar-refractivity contribution in [3.05, 3.63) is 58.1 Å². The van der Waals surface area contributed by atoms with Crippen molar-refractivity contribution < 1.29 is 4.79 Å². The number of hydrogen-bond donors (Lipinski definition) is 1. The molecule has 1 heterocycles. The number of amides is 1. The van der Waals surface area contributed by atoms with Crippen molar-refractivity contribution in [3.63, 3.8) is 0 Å². The highest BCUT2D eigenvalue weighted by atomic mass is 35.5. The Kier molecular flexibility index (Phi) is 4.18. The van der Waals surface area contributed by atoms with Crippen LogP contribution in [-0.2, 0) is 11.2 Å². The number of hydrogen-bond acceptors (Lipinski definition) is 1. The van der Waals surface area contributed by atoms with Crippen LogP contribution in [0.15, 0.2) is 42.5 Å². The third kappa shape index (κ3) is 3.39. The molecule has 0 spiro atoms. The van der Waals surface area contributed by atoms with Gasteiger partial charge in [0.2, 0.25) is 5.91 Å².